The van der Waals surface area contributed by atoms with Crippen LogP contribution in [0.25, 0.3) is 0 Å². The fourth-order valence-corrected chi connectivity index (χ4v) is 3.34. The number of hydrogen-bond donors (Lipinski definition) is 2. The van der Waals surface area contributed by atoms with E-state index in [1.807, 2.05) is 19.9 Å². The van der Waals surface area contributed by atoms with Crippen LogP contribution in [-0.2, 0) is 11.3 Å². The number of H-pyrrole nitrogens is 1. The molecule has 0 atom stereocenters. The Morgan fingerprint density at radius 2 is 1.90 bits per heavy atom. The molecule has 0 aliphatic heterocycles. The van der Waals surface area contributed by atoms with Crippen LogP contribution in [0.15, 0.2) is 10.9 Å². The third kappa shape index (κ3) is 3.55. The van der Waals surface area contributed by atoms with Crippen molar-refractivity contribution >= 4 is 5.91 Å². The van der Waals surface area contributed by atoms with Gasteiger partial charge in [0.25, 0.3) is 5.56 Å². The van der Waals surface area contributed by atoms with Crippen LogP contribution in [0.1, 0.15) is 48.9 Å². The zero-order chi connectivity index (χ0) is 15.0. The first kappa shape index (κ1) is 14.4. The van der Waals surface area contributed by atoms with Crippen molar-refractivity contribution in [3.8, 4) is 0 Å². The van der Waals surface area contributed by atoms with Gasteiger partial charge in [-0.05, 0) is 68.9 Å². The van der Waals surface area contributed by atoms with Gasteiger partial charge in [0.1, 0.15) is 0 Å². The molecular weight excluding hydrogens is 264 g/mol. The molecular formula is C17H24N2O2. The first-order valence-corrected chi connectivity index (χ1v) is 8.00. The smallest absolute Gasteiger partial charge is 0.253 e. The quantitative estimate of drug-likeness (QED) is 0.844. The zero-order valence-corrected chi connectivity index (χ0v) is 12.9. The fourth-order valence-electron chi connectivity index (χ4n) is 3.34. The van der Waals surface area contributed by atoms with Crippen LogP contribution in [0, 0.1) is 31.6 Å². The van der Waals surface area contributed by atoms with Crippen LogP contribution in [0.2, 0.25) is 0 Å². The van der Waals surface area contributed by atoms with E-state index >= 15 is 0 Å². The number of amides is 1. The number of rotatable bonds is 6. The normalized spacial score (nSPS) is 18.0. The first-order chi connectivity index (χ1) is 10.0. The van der Waals surface area contributed by atoms with Gasteiger partial charge in [0, 0.05) is 24.2 Å². The van der Waals surface area contributed by atoms with Crippen LogP contribution < -0.4 is 10.9 Å². The van der Waals surface area contributed by atoms with Crippen molar-refractivity contribution < 1.29 is 4.79 Å². The lowest BCUT2D eigenvalue weighted by Gasteiger charge is -2.15. The topological polar surface area (TPSA) is 62.0 Å². The van der Waals surface area contributed by atoms with Crippen molar-refractivity contribution in [2.75, 3.05) is 0 Å². The zero-order valence-electron chi connectivity index (χ0n) is 12.9. The van der Waals surface area contributed by atoms with Crippen LogP contribution in [0.3, 0.4) is 0 Å². The standard InChI is InChI=1S/C17H24N2O2/c1-10-7-11(2)19-17(21)15(10)9-18-16(20)8-14(12-3-4-12)13-5-6-13/h7,12-14H,3-6,8-9H2,1-2H3,(H,18,20)(H,19,21). The molecule has 2 saturated carbocycles. The highest BCUT2D eigenvalue weighted by molar-refractivity contribution is 5.76. The summed E-state index contributed by atoms with van der Waals surface area (Å²) in [4.78, 5) is 26.9. The molecule has 0 unspecified atom stereocenters. The van der Waals surface area contributed by atoms with E-state index in [1.54, 1.807) is 0 Å². The molecule has 21 heavy (non-hydrogen) atoms. The van der Waals surface area contributed by atoms with Crippen molar-refractivity contribution in [3.05, 3.63) is 33.2 Å². The number of aryl methyl sites for hydroxylation is 2. The Kier molecular flexibility index (Phi) is 3.87. The van der Waals surface area contributed by atoms with E-state index in [0.29, 0.717) is 24.4 Å². The summed E-state index contributed by atoms with van der Waals surface area (Å²) in [5.74, 6) is 2.25. The van der Waals surface area contributed by atoms with Crippen molar-refractivity contribution in [2.24, 2.45) is 17.8 Å². The van der Waals surface area contributed by atoms with E-state index in [1.165, 1.54) is 25.7 Å². The Bertz CT molecular complexity index is 585. The van der Waals surface area contributed by atoms with Gasteiger partial charge in [0.2, 0.25) is 5.91 Å². The minimum atomic E-state index is -0.0891. The molecule has 2 N–H and O–H groups in total. The molecule has 2 aliphatic rings. The summed E-state index contributed by atoms with van der Waals surface area (Å²) in [5.41, 5.74) is 2.38. The molecule has 0 saturated heterocycles. The molecule has 0 aromatic carbocycles. The number of hydrogen-bond acceptors (Lipinski definition) is 2. The molecule has 1 heterocycles. The van der Waals surface area contributed by atoms with Gasteiger partial charge in [-0.15, -0.1) is 0 Å². The highest BCUT2D eigenvalue weighted by Gasteiger charge is 2.42. The SMILES string of the molecule is Cc1cc(C)c(CNC(=O)CC(C2CC2)C2CC2)c(=O)[nH]1. The Hall–Kier alpha value is -1.58. The summed E-state index contributed by atoms with van der Waals surface area (Å²) >= 11 is 0. The van der Waals surface area contributed by atoms with Gasteiger partial charge in [0.15, 0.2) is 0 Å². The lowest BCUT2D eigenvalue weighted by Crippen LogP contribution is -2.29. The van der Waals surface area contributed by atoms with E-state index in [4.69, 9.17) is 0 Å². The van der Waals surface area contributed by atoms with E-state index in [-0.39, 0.29) is 11.5 Å². The van der Waals surface area contributed by atoms with Gasteiger partial charge in [-0.3, -0.25) is 9.59 Å². The molecule has 0 bridgehead atoms. The number of aromatic amines is 1. The third-order valence-electron chi connectivity index (χ3n) is 4.83. The number of carbonyl (C=O) groups is 1. The number of pyridine rings is 1. The van der Waals surface area contributed by atoms with Crippen LogP contribution in [0.5, 0.6) is 0 Å². The van der Waals surface area contributed by atoms with E-state index < -0.39 is 0 Å². The summed E-state index contributed by atoms with van der Waals surface area (Å²) in [6, 6.07) is 1.94. The second-order valence-electron chi connectivity index (χ2n) is 6.76. The molecule has 3 rings (SSSR count). The largest absolute Gasteiger partial charge is 0.352 e. The first-order valence-electron chi connectivity index (χ1n) is 8.00. The molecule has 4 heteroatoms. The summed E-state index contributed by atoms with van der Waals surface area (Å²) < 4.78 is 0. The Balaban J connectivity index is 1.57. The van der Waals surface area contributed by atoms with Gasteiger partial charge >= 0.3 is 0 Å². The second kappa shape index (κ2) is 5.66. The molecule has 4 nitrogen and oxygen atoms in total. The number of carbonyl (C=O) groups excluding carboxylic acids is 1. The van der Waals surface area contributed by atoms with Crippen LogP contribution in [0.4, 0.5) is 0 Å². The minimum Gasteiger partial charge on any atom is -0.352 e. The average Bonchev–Trinajstić information content (AvgIpc) is 3.26. The summed E-state index contributed by atoms with van der Waals surface area (Å²) in [5, 5.41) is 2.94. The predicted octanol–water partition coefficient (Wildman–Crippen LogP) is 2.43. The van der Waals surface area contributed by atoms with Gasteiger partial charge in [-0.2, -0.15) is 0 Å². The Labute approximate surface area is 125 Å². The van der Waals surface area contributed by atoms with Crippen molar-refractivity contribution in [3.63, 3.8) is 0 Å². The molecule has 114 valence electrons. The van der Waals surface area contributed by atoms with Crippen LogP contribution in [-0.4, -0.2) is 10.9 Å². The second-order valence-corrected chi connectivity index (χ2v) is 6.76. The predicted molar refractivity (Wildman–Crippen MR) is 81.9 cm³/mol. The van der Waals surface area contributed by atoms with Crippen molar-refractivity contribution in [1.82, 2.24) is 10.3 Å². The molecule has 1 aromatic rings. The van der Waals surface area contributed by atoms with E-state index in [9.17, 15) is 9.59 Å². The number of nitrogens with one attached hydrogen (secondary N) is 2. The maximum atomic E-state index is 12.2. The lowest BCUT2D eigenvalue weighted by molar-refractivity contribution is -0.122. The molecule has 1 aromatic heterocycles. The molecule has 2 fully saturated rings. The highest BCUT2D eigenvalue weighted by atomic mass is 16.1. The maximum absolute atomic E-state index is 12.2. The van der Waals surface area contributed by atoms with Crippen molar-refractivity contribution in [1.29, 1.82) is 0 Å². The van der Waals surface area contributed by atoms with Crippen molar-refractivity contribution in [2.45, 2.75) is 52.5 Å². The average molecular weight is 288 g/mol. The fraction of sp³-hybridized carbons (Fsp3) is 0.647. The van der Waals surface area contributed by atoms with Gasteiger partial charge in [0.05, 0.1) is 0 Å². The number of aromatic nitrogens is 1. The third-order valence-corrected chi connectivity index (χ3v) is 4.83. The lowest BCUT2D eigenvalue weighted by atomic mass is 9.94. The van der Waals surface area contributed by atoms with Gasteiger partial charge in [-0.25, -0.2) is 0 Å². The van der Waals surface area contributed by atoms with Gasteiger partial charge < -0.3 is 10.3 Å². The highest BCUT2D eigenvalue weighted by Crippen LogP contribution is 2.50. The molecule has 1 amide bonds. The monoisotopic (exact) mass is 288 g/mol. The molecule has 0 radical (unpaired) electrons. The minimum absolute atomic E-state index is 0.0891. The van der Waals surface area contributed by atoms with Crippen LogP contribution >= 0.6 is 0 Å². The summed E-state index contributed by atoms with van der Waals surface area (Å²) in [6.45, 7) is 4.12. The van der Waals surface area contributed by atoms with E-state index in [0.717, 1.165) is 23.1 Å². The Morgan fingerprint density at radius 1 is 1.29 bits per heavy atom. The van der Waals surface area contributed by atoms with Gasteiger partial charge in [-0.1, -0.05) is 0 Å². The molecule has 0 spiro atoms. The summed E-state index contributed by atoms with van der Waals surface area (Å²) in [6.07, 6.45) is 5.82. The summed E-state index contributed by atoms with van der Waals surface area (Å²) in [7, 11) is 0. The van der Waals surface area contributed by atoms with E-state index in [2.05, 4.69) is 10.3 Å². The Morgan fingerprint density at radius 3 is 2.43 bits per heavy atom. The maximum Gasteiger partial charge on any atom is 0.253 e. The molecule has 2 aliphatic carbocycles.